The molecule has 0 aromatic carbocycles. The van der Waals surface area contributed by atoms with E-state index < -0.39 is 0 Å². The predicted octanol–water partition coefficient (Wildman–Crippen LogP) is 5.68. The van der Waals surface area contributed by atoms with Gasteiger partial charge in [-0.15, -0.1) is 0 Å². The first kappa shape index (κ1) is 35.2. The van der Waals surface area contributed by atoms with Gasteiger partial charge in [-0.3, -0.25) is 5.01 Å². The van der Waals surface area contributed by atoms with E-state index in [1.165, 1.54) is 28.8 Å². The zero-order chi connectivity index (χ0) is 24.0. The van der Waals surface area contributed by atoms with Crippen molar-refractivity contribution >= 4 is 29.2 Å². The van der Waals surface area contributed by atoms with Crippen molar-refractivity contribution in [2.75, 3.05) is 32.8 Å². The van der Waals surface area contributed by atoms with E-state index in [1.807, 2.05) is 64.2 Å². The zero-order valence-corrected chi connectivity index (χ0v) is 24.8. The molecule has 1 atom stereocenters. The fourth-order valence-corrected chi connectivity index (χ4v) is 5.09. The summed E-state index contributed by atoms with van der Waals surface area (Å²) >= 11 is 3.56. The van der Waals surface area contributed by atoms with Crippen molar-refractivity contribution in [2.45, 2.75) is 18.9 Å². The van der Waals surface area contributed by atoms with Crippen LogP contribution in [0.3, 0.4) is 0 Å². The van der Waals surface area contributed by atoms with Crippen molar-refractivity contribution in [3.8, 4) is 0 Å². The van der Waals surface area contributed by atoms with Crippen LogP contribution >= 0.6 is 23.5 Å². The summed E-state index contributed by atoms with van der Waals surface area (Å²) in [5, 5.41) is 9.91. The second kappa shape index (κ2) is 21.0. The van der Waals surface area contributed by atoms with Gasteiger partial charge in [0.15, 0.2) is 0 Å². The van der Waals surface area contributed by atoms with Crippen LogP contribution in [-0.4, -0.2) is 49.5 Å². The topological polar surface area (TPSA) is 24.8 Å². The number of methoxy groups -OCH3 is 1. The van der Waals surface area contributed by atoms with E-state index in [1.54, 1.807) is 30.6 Å². The number of hydrazone groups is 1. The summed E-state index contributed by atoms with van der Waals surface area (Å²) < 4.78 is 5.39. The Kier molecular flexibility index (Phi) is 20.5. The number of nitrogens with zero attached hydrogens (tertiary/aromatic N) is 2. The largest absolute Gasteiger partial charge is 2.00 e. The molecule has 0 spiro atoms. The molecule has 0 unspecified atom stereocenters. The van der Waals surface area contributed by atoms with Gasteiger partial charge < -0.3 is 4.74 Å². The molecule has 5 rings (SSSR count). The molecule has 0 aromatic heterocycles. The van der Waals surface area contributed by atoms with Crippen LogP contribution in [0, 0.1) is 125 Å². The Balaban J connectivity index is 0.000000448. The summed E-state index contributed by atoms with van der Waals surface area (Å²) in [4.78, 5) is 0. The quantitative estimate of drug-likeness (QED) is 0.277. The van der Waals surface area contributed by atoms with E-state index in [9.17, 15) is 0 Å². The van der Waals surface area contributed by atoms with Crippen LogP contribution in [0.25, 0.3) is 0 Å². The first-order valence-electron chi connectivity index (χ1n) is 11.6. The van der Waals surface area contributed by atoms with E-state index in [2.05, 4.69) is 56.0 Å². The van der Waals surface area contributed by atoms with Crippen LogP contribution in [0.15, 0.2) is 5.10 Å². The molecule has 3 nitrogen and oxygen atoms in total. The third-order valence-electron chi connectivity index (χ3n) is 5.55. The van der Waals surface area contributed by atoms with Crippen LogP contribution in [0.5, 0.6) is 0 Å². The maximum atomic E-state index is 5.39. The number of hydrogen-bond donors (Lipinski definition) is 0. The summed E-state index contributed by atoms with van der Waals surface area (Å²) in [6, 6.07) is 0.380. The maximum Gasteiger partial charge on any atom is 2.00 e. The van der Waals surface area contributed by atoms with Crippen LogP contribution in [-0.2, 0) is 38.9 Å². The van der Waals surface area contributed by atoms with Gasteiger partial charge in [0.05, 0.1) is 18.4 Å². The molecule has 5 aliphatic rings. The Hall–Kier alpha value is 1.17. The molecule has 1 heterocycles. The van der Waals surface area contributed by atoms with Gasteiger partial charge in [0.1, 0.15) is 0 Å². The third-order valence-corrected chi connectivity index (χ3v) is 7.14. The Labute approximate surface area is 253 Å². The van der Waals surface area contributed by atoms with Crippen LogP contribution < -0.4 is 0 Å². The van der Waals surface area contributed by atoms with Crippen molar-refractivity contribution in [3.63, 3.8) is 0 Å². The monoisotopic (exact) mass is 602 g/mol. The van der Waals surface area contributed by atoms with E-state index in [4.69, 9.17) is 9.84 Å². The van der Waals surface area contributed by atoms with Crippen LogP contribution in [0.2, 0.25) is 0 Å². The molecule has 1 saturated heterocycles. The smallest absolute Gasteiger partial charge is 0.382 e. The molecular formula is C29H34Fe2N2OS2+4. The minimum Gasteiger partial charge on any atom is -0.382 e. The van der Waals surface area contributed by atoms with E-state index >= 15 is 0 Å². The van der Waals surface area contributed by atoms with Crippen LogP contribution in [0.4, 0.5) is 0 Å². The van der Waals surface area contributed by atoms with Gasteiger partial charge in [-0.1, -0.05) is 0 Å². The van der Waals surface area contributed by atoms with Gasteiger partial charge in [0.25, 0.3) is 0 Å². The van der Waals surface area contributed by atoms with Gasteiger partial charge >= 0.3 is 34.1 Å². The van der Waals surface area contributed by atoms with Gasteiger partial charge in [-0.25, -0.2) is 0 Å². The molecule has 1 aliphatic heterocycles. The Morgan fingerprint density at radius 3 is 1.61 bits per heavy atom. The second-order valence-electron chi connectivity index (χ2n) is 7.80. The predicted molar refractivity (Wildman–Crippen MR) is 148 cm³/mol. The fourth-order valence-electron chi connectivity index (χ4n) is 3.89. The Morgan fingerprint density at radius 2 is 1.22 bits per heavy atom. The standard InChI is InChI=1S/C19H24N2OS2.2C5H5.2Fe/c1-22-13-14-7-6-12-21(14)20-19(15-8-4-10-17(15)23-2)16-9-5-11-18(16)24-3;2*1-2-4-5-3-1;;/h4-5,8-11,14H,6-7,12-13H2,1-3H3;2*1-5H;;/q;;;2*+2/t14-;;;;/m0..../s1. The van der Waals surface area contributed by atoms with Crippen molar-refractivity contribution in [3.05, 3.63) is 125 Å². The third kappa shape index (κ3) is 11.3. The molecular weight excluding hydrogens is 568 g/mol. The molecule has 0 N–H and O–H groups in total. The van der Waals surface area contributed by atoms with Gasteiger partial charge in [-0.05, 0) is 128 Å². The van der Waals surface area contributed by atoms with Gasteiger partial charge in [-0.2, -0.15) is 28.6 Å². The van der Waals surface area contributed by atoms with E-state index in [0.717, 1.165) is 25.3 Å². The average molecular weight is 602 g/mol. The minimum absolute atomic E-state index is 0. The maximum absolute atomic E-state index is 5.39. The summed E-state index contributed by atoms with van der Waals surface area (Å²) in [5.41, 5.74) is 1.08. The Morgan fingerprint density at radius 1 is 0.778 bits per heavy atom. The summed E-state index contributed by atoms with van der Waals surface area (Å²) in [6.45, 7) is 1.74. The molecule has 0 aromatic rings. The number of ether oxygens (including phenoxy) is 1. The average Bonchev–Trinajstić information content (AvgIpc) is 3.71. The van der Waals surface area contributed by atoms with Crippen molar-refractivity contribution in [1.82, 2.24) is 5.01 Å². The number of hydrogen-bond acceptors (Lipinski definition) is 5. The fraction of sp³-hybridized carbons (Fsp3) is 0.276. The molecule has 0 amide bonds. The molecule has 4 aliphatic carbocycles. The Bertz CT molecular complexity index is 526. The summed E-state index contributed by atoms with van der Waals surface area (Å²) in [5.74, 6) is 2.46. The minimum atomic E-state index is 0. The summed E-state index contributed by atoms with van der Waals surface area (Å²) in [6.07, 6.45) is 39.5. The van der Waals surface area contributed by atoms with Crippen molar-refractivity contribution < 1.29 is 38.9 Å². The normalized spacial score (nSPS) is 25.0. The molecule has 190 valence electrons. The van der Waals surface area contributed by atoms with E-state index in [0.29, 0.717) is 6.04 Å². The molecule has 0 bridgehead atoms. The number of thioether (sulfide) groups is 2. The molecule has 20 radical (unpaired) electrons. The first-order valence-corrected chi connectivity index (χ1v) is 14.0. The van der Waals surface area contributed by atoms with Crippen molar-refractivity contribution in [1.29, 1.82) is 0 Å². The van der Waals surface area contributed by atoms with Gasteiger partial charge in [0.2, 0.25) is 0 Å². The number of rotatable bonds is 7. The zero-order valence-electron chi connectivity index (χ0n) is 21.0. The molecule has 5 fully saturated rings. The van der Waals surface area contributed by atoms with Crippen LogP contribution in [0.1, 0.15) is 12.8 Å². The summed E-state index contributed by atoms with van der Waals surface area (Å²) in [7, 11) is 1.77. The van der Waals surface area contributed by atoms with Gasteiger partial charge in [0, 0.05) is 36.0 Å². The van der Waals surface area contributed by atoms with E-state index in [-0.39, 0.29) is 34.1 Å². The van der Waals surface area contributed by atoms with Crippen molar-refractivity contribution in [2.24, 2.45) is 5.10 Å². The SMILES string of the molecule is COC[C@@H]1CCCN1N=C([C]1[CH][CH][CH][C]1SC)[C]1[CH][CH][CH][C]1SC.[CH]1[CH][CH][CH][CH]1.[CH]1[CH][CH][CH][CH]1.[Fe+2].[Fe+2]. The first-order chi connectivity index (χ1) is 16.8. The molecule has 36 heavy (non-hydrogen) atoms. The molecule has 4 saturated carbocycles. The molecule has 7 heteroatoms. The second-order valence-corrected chi connectivity index (χ2v) is 9.50.